The van der Waals surface area contributed by atoms with Crippen LogP contribution < -0.4 is 5.32 Å². The average molecular weight is 280 g/mol. The number of hydrogen-bond donors (Lipinski definition) is 1. The first-order valence-electron chi connectivity index (χ1n) is 7.23. The normalized spacial score (nSPS) is 19.3. The van der Waals surface area contributed by atoms with Gasteiger partial charge in [-0.3, -0.25) is 4.79 Å². The van der Waals surface area contributed by atoms with E-state index in [1.54, 1.807) is 11.3 Å². The van der Waals surface area contributed by atoms with E-state index < -0.39 is 0 Å². The van der Waals surface area contributed by atoms with E-state index in [0.29, 0.717) is 18.2 Å². The number of nitrogens with zero attached hydrogens (tertiary/aromatic N) is 1. The van der Waals surface area contributed by atoms with E-state index in [4.69, 9.17) is 0 Å². The van der Waals surface area contributed by atoms with Crippen LogP contribution in [0.1, 0.15) is 30.6 Å². The Labute approximate surface area is 120 Å². The Kier molecular flexibility index (Phi) is 5.86. The molecule has 106 valence electrons. The average Bonchev–Trinajstić information content (AvgIpc) is 2.93. The van der Waals surface area contributed by atoms with Crippen LogP contribution in [0.15, 0.2) is 17.5 Å². The minimum Gasteiger partial charge on any atom is -0.345 e. The molecule has 1 unspecified atom stereocenters. The van der Waals surface area contributed by atoms with Crippen LogP contribution in [0.3, 0.4) is 0 Å². The number of nitrogens with one attached hydrogen (secondary N) is 1. The second kappa shape index (κ2) is 7.65. The van der Waals surface area contributed by atoms with E-state index in [0.717, 1.165) is 32.5 Å². The zero-order chi connectivity index (χ0) is 13.5. The molecule has 1 aliphatic rings. The van der Waals surface area contributed by atoms with Crippen molar-refractivity contribution in [2.24, 2.45) is 5.92 Å². The highest BCUT2D eigenvalue weighted by atomic mass is 32.1. The number of thiophene rings is 1. The zero-order valence-electron chi connectivity index (χ0n) is 11.7. The summed E-state index contributed by atoms with van der Waals surface area (Å²) in [4.78, 5) is 15.4. The topological polar surface area (TPSA) is 32.3 Å². The molecule has 19 heavy (non-hydrogen) atoms. The van der Waals surface area contributed by atoms with Gasteiger partial charge in [0.1, 0.15) is 0 Å². The van der Waals surface area contributed by atoms with Crippen LogP contribution in [0, 0.1) is 5.92 Å². The highest BCUT2D eigenvalue weighted by molar-refractivity contribution is 7.09. The second-order valence-electron chi connectivity index (χ2n) is 5.42. The van der Waals surface area contributed by atoms with E-state index in [-0.39, 0.29) is 0 Å². The molecule has 1 fully saturated rings. The number of carbonyl (C=O) groups excluding carboxylic acids is 1. The number of rotatable bonds is 6. The molecule has 1 amide bonds. The van der Waals surface area contributed by atoms with Crippen LogP contribution in [-0.4, -0.2) is 37.5 Å². The zero-order valence-corrected chi connectivity index (χ0v) is 12.5. The molecule has 0 aliphatic carbocycles. The number of hydrogen-bond acceptors (Lipinski definition) is 3. The van der Waals surface area contributed by atoms with Gasteiger partial charge < -0.3 is 10.2 Å². The minimum atomic E-state index is 0.294. The highest BCUT2D eigenvalue weighted by Gasteiger charge is 2.17. The molecule has 1 saturated heterocycles. The number of carbonyl (C=O) groups is 1. The van der Waals surface area contributed by atoms with Crippen molar-refractivity contribution in [1.82, 2.24) is 10.2 Å². The number of aryl methyl sites for hydroxylation is 1. The molecule has 2 heterocycles. The molecule has 0 aromatic carbocycles. The van der Waals surface area contributed by atoms with Gasteiger partial charge in [0.15, 0.2) is 0 Å². The molecule has 0 bridgehead atoms. The first-order valence-corrected chi connectivity index (χ1v) is 8.10. The Morgan fingerprint density at radius 3 is 3.16 bits per heavy atom. The van der Waals surface area contributed by atoms with Gasteiger partial charge in [0.05, 0.1) is 0 Å². The molecule has 2 rings (SSSR count). The van der Waals surface area contributed by atoms with Gasteiger partial charge in [-0.05, 0) is 56.1 Å². The van der Waals surface area contributed by atoms with Crippen molar-refractivity contribution < 1.29 is 4.79 Å². The maximum absolute atomic E-state index is 12.1. The molecular formula is C15H24N2OS. The van der Waals surface area contributed by atoms with Crippen LogP contribution in [0.5, 0.6) is 0 Å². The van der Waals surface area contributed by atoms with Gasteiger partial charge in [0.2, 0.25) is 5.91 Å². The van der Waals surface area contributed by atoms with Gasteiger partial charge in [-0.15, -0.1) is 11.3 Å². The van der Waals surface area contributed by atoms with Crippen molar-refractivity contribution in [1.29, 1.82) is 0 Å². The molecule has 4 heteroatoms. The molecule has 3 nitrogen and oxygen atoms in total. The van der Waals surface area contributed by atoms with Crippen molar-refractivity contribution in [3.63, 3.8) is 0 Å². The standard InChI is InChI=1S/C15H24N2OS/c1-17(12-13-5-3-9-16-11-13)15(18)8-2-6-14-7-4-10-19-14/h4,7,10,13,16H,2-3,5-6,8-9,11-12H2,1H3. The number of piperidine rings is 1. The summed E-state index contributed by atoms with van der Waals surface area (Å²) in [5.74, 6) is 0.933. The van der Waals surface area contributed by atoms with Gasteiger partial charge in [-0.1, -0.05) is 6.07 Å². The summed E-state index contributed by atoms with van der Waals surface area (Å²) in [6.45, 7) is 3.10. The van der Waals surface area contributed by atoms with Crippen molar-refractivity contribution in [2.75, 3.05) is 26.7 Å². The first-order chi connectivity index (χ1) is 9.25. The summed E-state index contributed by atoms with van der Waals surface area (Å²) in [5, 5.41) is 5.50. The summed E-state index contributed by atoms with van der Waals surface area (Å²) in [6.07, 6.45) is 5.16. The molecule has 1 aromatic rings. The highest BCUT2D eigenvalue weighted by Crippen LogP contribution is 2.14. The Bertz CT molecular complexity index is 372. The SMILES string of the molecule is CN(CC1CCCNC1)C(=O)CCCc1cccs1. The Morgan fingerprint density at radius 2 is 2.47 bits per heavy atom. The summed E-state index contributed by atoms with van der Waals surface area (Å²) in [5.41, 5.74) is 0. The predicted octanol–water partition coefficient (Wildman–Crippen LogP) is 2.53. The van der Waals surface area contributed by atoms with Gasteiger partial charge in [-0.25, -0.2) is 0 Å². The van der Waals surface area contributed by atoms with Gasteiger partial charge >= 0.3 is 0 Å². The smallest absolute Gasteiger partial charge is 0.222 e. The molecular weight excluding hydrogens is 256 g/mol. The van der Waals surface area contributed by atoms with E-state index in [1.165, 1.54) is 17.7 Å². The third-order valence-corrected chi connectivity index (χ3v) is 4.69. The Morgan fingerprint density at radius 1 is 1.58 bits per heavy atom. The fourth-order valence-electron chi connectivity index (χ4n) is 2.63. The van der Waals surface area contributed by atoms with Crippen molar-refractivity contribution in [3.05, 3.63) is 22.4 Å². The Balaban J connectivity index is 1.64. The fraction of sp³-hybridized carbons (Fsp3) is 0.667. The lowest BCUT2D eigenvalue weighted by atomic mass is 9.99. The van der Waals surface area contributed by atoms with Crippen LogP contribution >= 0.6 is 11.3 Å². The monoisotopic (exact) mass is 280 g/mol. The third kappa shape index (κ3) is 4.96. The second-order valence-corrected chi connectivity index (χ2v) is 6.45. The fourth-order valence-corrected chi connectivity index (χ4v) is 3.38. The lowest BCUT2D eigenvalue weighted by molar-refractivity contribution is -0.130. The van der Waals surface area contributed by atoms with Crippen molar-refractivity contribution in [3.8, 4) is 0 Å². The maximum atomic E-state index is 12.1. The number of amides is 1. The Hall–Kier alpha value is -0.870. The van der Waals surface area contributed by atoms with Gasteiger partial charge in [-0.2, -0.15) is 0 Å². The molecule has 0 spiro atoms. The van der Waals surface area contributed by atoms with Crippen molar-refractivity contribution >= 4 is 17.2 Å². The maximum Gasteiger partial charge on any atom is 0.222 e. The molecule has 1 atom stereocenters. The van der Waals surface area contributed by atoms with Crippen molar-refractivity contribution in [2.45, 2.75) is 32.1 Å². The molecule has 0 radical (unpaired) electrons. The summed E-state index contributed by atoms with van der Waals surface area (Å²) < 4.78 is 0. The van der Waals surface area contributed by atoms with E-state index >= 15 is 0 Å². The largest absolute Gasteiger partial charge is 0.345 e. The third-order valence-electron chi connectivity index (χ3n) is 3.75. The molecule has 0 saturated carbocycles. The van der Waals surface area contributed by atoms with Gasteiger partial charge in [0, 0.05) is 24.9 Å². The summed E-state index contributed by atoms with van der Waals surface area (Å²) in [7, 11) is 1.95. The van der Waals surface area contributed by atoms with Gasteiger partial charge in [0.25, 0.3) is 0 Å². The van der Waals surface area contributed by atoms with E-state index in [9.17, 15) is 4.79 Å². The van der Waals surface area contributed by atoms with Crippen LogP contribution in [0.2, 0.25) is 0 Å². The predicted molar refractivity (Wildman–Crippen MR) is 80.5 cm³/mol. The molecule has 1 N–H and O–H groups in total. The van der Waals surface area contributed by atoms with Crippen LogP contribution in [-0.2, 0) is 11.2 Å². The summed E-state index contributed by atoms with van der Waals surface area (Å²) >= 11 is 1.78. The lowest BCUT2D eigenvalue weighted by Gasteiger charge is -2.27. The minimum absolute atomic E-state index is 0.294. The van der Waals surface area contributed by atoms with E-state index in [1.807, 2.05) is 11.9 Å². The van der Waals surface area contributed by atoms with Crippen LogP contribution in [0.25, 0.3) is 0 Å². The van der Waals surface area contributed by atoms with Crippen LogP contribution in [0.4, 0.5) is 0 Å². The molecule has 1 aromatic heterocycles. The molecule has 1 aliphatic heterocycles. The first kappa shape index (κ1) is 14.5. The quantitative estimate of drug-likeness (QED) is 0.868. The lowest BCUT2D eigenvalue weighted by Crippen LogP contribution is -2.39. The summed E-state index contributed by atoms with van der Waals surface area (Å²) in [6, 6.07) is 4.22. The van der Waals surface area contributed by atoms with E-state index in [2.05, 4.69) is 22.8 Å².